The second-order valence-electron chi connectivity index (χ2n) is 4.58. The highest BCUT2D eigenvalue weighted by atomic mass is 19.1. The van der Waals surface area contributed by atoms with Crippen LogP contribution in [0.1, 0.15) is 12.6 Å². The minimum absolute atomic E-state index is 0.284. The molecule has 1 aromatic carbocycles. The molecule has 1 aromatic heterocycles. The maximum atomic E-state index is 13.6. The first-order valence-electron chi connectivity index (χ1n) is 6.12. The highest BCUT2D eigenvalue weighted by molar-refractivity contribution is 5.71. The Morgan fingerprint density at radius 3 is 2.57 bits per heavy atom. The number of nitrogens with two attached hydrogens (primary N) is 1. The maximum absolute atomic E-state index is 13.6. The number of nitrogens with one attached hydrogen (secondary N) is 1. The first-order chi connectivity index (χ1) is 9.86. The zero-order chi connectivity index (χ0) is 15.6. The lowest BCUT2D eigenvalue weighted by Gasteiger charge is -2.10. The lowest BCUT2D eigenvalue weighted by atomic mass is 10.2. The van der Waals surface area contributed by atoms with Crippen LogP contribution in [0.2, 0.25) is 0 Å². The number of hydrogen-bond donors (Lipinski definition) is 2. The third kappa shape index (κ3) is 3.53. The van der Waals surface area contributed by atoms with Gasteiger partial charge in [0.2, 0.25) is 0 Å². The van der Waals surface area contributed by atoms with E-state index in [9.17, 15) is 18.0 Å². The Hall–Kier alpha value is -2.51. The standard InChI is InChI=1S/C13H13F3N4O/c1-7(18-13(17)21)4-9-2-3-20(19-9)12-10(15)5-8(14)6-11(12)16/h2-3,5-7H,4H2,1H3,(H3,17,18,21). The van der Waals surface area contributed by atoms with Gasteiger partial charge in [0.15, 0.2) is 11.6 Å². The lowest BCUT2D eigenvalue weighted by molar-refractivity contribution is 0.246. The van der Waals surface area contributed by atoms with Gasteiger partial charge in [-0.3, -0.25) is 0 Å². The average molecular weight is 298 g/mol. The normalized spacial score (nSPS) is 12.2. The molecular weight excluding hydrogens is 285 g/mol. The number of amides is 2. The molecule has 0 spiro atoms. The molecule has 8 heteroatoms. The number of primary amides is 1. The van der Waals surface area contributed by atoms with Gasteiger partial charge in [-0.15, -0.1) is 0 Å². The van der Waals surface area contributed by atoms with Gasteiger partial charge in [0.1, 0.15) is 11.5 Å². The predicted octanol–water partition coefficient (Wildman–Crippen LogP) is 1.89. The van der Waals surface area contributed by atoms with E-state index in [2.05, 4.69) is 10.4 Å². The number of carbonyl (C=O) groups is 1. The van der Waals surface area contributed by atoms with Crippen molar-refractivity contribution in [1.82, 2.24) is 15.1 Å². The first-order valence-corrected chi connectivity index (χ1v) is 6.12. The fourth-order valence-corrected chi connectivity index (χ4v) is 1.96. The largest absolute Gasteiger partial charge is 0.352 e. The molecule has 0 saturated heterocycles. The van der Waals surface area contributed by atoms with E-state index in [1.807, 2.05) is 0 Å². The van der Waals surface area contributed by atoms with Gasteiger partial charge >= 0.3 is 6.03 Å². The molecule has 2 rings (SSSR count). The Morgan fingerprint density at radius 2 is 2.00 bits per heavy atom. The molecule has 0 radical (unpaired) electrons. The molecule has 2 aromatic rings. The molecule has 0 bridgehead atoms. The van der Waals surface area contributed by atoms with Gasteiger partial charge in [-0.05, 0) is 13.0 Å². The summed E-state index contributed by atoms with van der Waals surface area (Å²) in [6.07, 6.45) is 1.69. The third-order valence-electron chi connectivity index (χ3n) is 2.76. The average Bonchev–Trinajstić information content (AvgIpc) is 2.74. The van der Waals surface area contributed by atoms with E-state index in [1.54, 1.807) is 13.0 Å². The number of benzene rings is 1. The lowest BCUT2D eigenvalue weighted by Crippen LogP contribution is -2.38. The van der Waals surface area contributed by atoms with Crippen LogP contribution >= 0.6 is 0 Å². The van der Waals surface area contributed by atoms with Crippen molar-refractivity contribution < 1.29 is 18.0 Å². The van der Waals surface area contributed by atoms with Crippen molar-refractivity contribution in [3.63, 3.8) is 0 Å². The molecule has 0 saturated carbocycles. The summed E-state index contributed by atoms with van der Waals surface area (Å²) in [6.45, 7) is 1.71. The SMILES string of the molecule is CC(Cc1ccn(-c2c(F)cc(F)cc2F)n1)NC(N)=O. The predicted molar refractivity (Wildman–Crippen MR) is 69.3 cm³/mol. The van der Waals surface area contributed by atoms with Crippen molar-refractivity contribution in [3.05, 3.63) is 47.5 Å². The van der Waals surface area contributed by atoms with Crippen LogP contribution in [0.15, 0.2) is 24.4 Å². The van der Waals surface area contributed by atoms with Crippen LogP contribution in [0.3, 0.4) is 0 Å². The molecule has 21 heavy (non-hydrogen) atoms. The Bertz CT molecular complexity index is 648. The zero-order valence-electron chi connectivity index (χ0n) is 11.1. The Kier molecular flexibility index (Phi) is 4.15. The van der Waals surface area contributed by atoms with Gasteiger partial charge in [0.25, 0.3) is 0 Å². The molecule has 1 atom stereocenters. The molecule has 0 aliphatic heterocycles. The summed E-state index contributed by atoms with van der Waals surface area (Å²) in [7, 11) is 0. The third-order valence-corrected chi connectivity index (χ3v) is 2.76. The number of aromatic nitrogens is 2. The maximum Gasteiger partial charge on any atom is 0.312 e. The van der Waals surface area contributed by atoms with E-state index >= 15 is 0 Å². The van der Waals surface area contributed by atoms with E-state index in [0.717, 1.165) is 4.68 Å². The highest BCUT2D eigenvalue weighted by Gasteiger charge is 2.15. The van der Waals surface area contributed by atoms with Crippen molar-refractivity contribution in [2.45, 2.75) is 19.4 Å². The van der Waals surface area contributed by atoms with Gasteiger partial charge in [0.05, 0.1) is 5.69 Å². The molecule has 2 amide bonds. The molecular formula is C13H13F3N4O. The van der Waals surface area contributed by atoms with Crippen molar-refractivity contribution in [1.29, 1.82) is 0 Å². The van der Waals surface area contributed by atoms with Crippen LogP contribution in [0.5, 0.6) is 0 Å². The monoisotopic (exact) mass is 298 g/mol. The molecule has 1 unspecified atom stereocenters. The molecule has 0 aliphatic carbocycles. The molecule has 3 N–H and O–H groups in total. The van der Waals surface area contributed by atoms with Crippen LogP contribution in [-0.2, 0) is 6.42 Å². The smallest absolute Gasteiger partial charge is 0.312 e. The summed E-state index contributed by atoms with van der Waals surface area (Å²) in [6, 6.07) is 1.75. The summed E-state index contributed by atoms with van der Waals surface area (Å²) in [5.41, 5.74) is 5.03. The van der Waals surface area contributed by atoms with Crippen LogP contribution in [0.25, 0.3) is 5.69 Å². The fourth-order valence-electron chi connectivity index (χ4n) is 1.96. The number of carbonyl (C=O) groups excluding carboxylic acids is 1. The Morgan fingerprint density at radius 1 is 1.38 bits per heavy atom. The van der Waals surface area contributed by atoms with Gasteiger partial charge in [-0.25, -0.2) is 22.6 Å². The van der Waals surface area contributed by atoms with E-state index in [-0.39, 0.29) is 6.04 Å². The number of urea groups is 1. The molecule has 1 heterocycles. The van der Waals surface area contributed by atoms with E-state index in [0.29, 0.717) is 24.2 Å². The quantitative estimate of drug-likeness (QED) is 0.904. The second kappa shape index (κ2) is 5.86. The first kappa shape index (κ1) is 14.9. The van der Waals surface area contributed by atoms with Crippen LogP contribution in [0.4, 0.5) is 18.0 Å². The number of rotatable bonds is 4. The van der Waals surface area contributed by atoms with Crippen LogP contribution < -0.4 is 11.1 Å². The highest BCUT2D eigenvalue weighted by Crippen LogP contribution is 2.19. The van der Waals surface area contributed by atoms with Crippen molar-refractivity contribution >= 4 is 6.03 Å². The van der Waals surface area contributed by atoms with Gasteiger partial charge in [-0.1, -0.05) is 0 Å². The summed E-state index contributed by atoms with van der Waals surface area (Å²) in [4.78, 5) is 10.7. The fraction of sp³-hybridized carbons (Fsp3) is 0.231. The summed E-state index contributed by atoms with van der Waals surface area (Å²) >= 11 is 0. The number of halogens is 3. The second-order valence-corrected chi connectivity index (χ2v) is 4.58. The molecule has 0 fully saturated rings. The van der Waals surface area contributed by atoms with Crippen molar-refractivity contribution in [2.75, 3.05) is 0 Å². The van der Waals surface area contributed by atoms with Crippen molar-refractivity contribution in [3.8, 4) is 5.69 Å². The zero-order valence-corrected chi connectivity index (χ0v) is 11.1. The Balaban J connectivity index is 2.22. The van der Waals surface area contributed by atoms with E-state index in [1.165, 1.54) is 6.20 Å². The number of nitrogens with zero attached hydrogens (tertiary/aromatic N) is 2. The van der Waals surface area contributed by atoms with Crippen LogP contribution in [0, 0.1) is 17.5 Å². The molecule has 112 valence electrons. The molecule has 5 nitrogen and oxygen atoms in total. The Labute approximate surface area is 118 Å². The van der Waals surface area contributed by atoms with E-state index in [4.69, 9.17) is 5.73 Å². The van der Waals surface area contributed by atoms with Crippen molar-refractivity contribution in [2.24, 2.45) is 5.73 Å². The van der Waals surface area contributed by atoms with Gasteiger partial charge in [-0.2, -0.15) is 5.10 Å². The summed E-state index contributed by atoms with van der Waals surface area (Å²) in [5.74, 6) is -3.10. The summed E-state index contributed by atoms with van der Waals surface area (Å²) in [5, 5.41) is 6.46. The topological polar surface area (TPSA) is 72.9 Å². The van der Waals surface area contributed by atoms with Gasteiger partial charge in [0, 0.05) is 30.8 Å². The van der Waals surface area contributed by atoms with E-state index < -0.39 is 29.2 Å². The minimum Gasteiger partial charge on any atom is -0.352 e. The minimum atomic E-state index is -1.05. The van der Waals surface area contributed by atoms with Gasteiger partial charge < -0.3 is 11.1 Å². The molecule has 0 aliphatic rings. The number of hydrogen-bond acceptors (Lipinski definition) is 2. The summed E-state index contributed by atoms with van der Waals surface area (Å²) < 4.78 is 41.1. The van der Waals surface area contributed by atoms with Crippen LogP contribution in [-0.4, -0.2) is 21.9 Å².